The number of hydrogen-bond acceptors (Lipinski definition) is 6. The molecule has 1 N–H and O–H groups in total. The van der Waals surface area contributed by atoms with Crippen LogP contribution in [0.4, 0.5) is 5.69 Å². The lowest BCUT2D eigenvalue weighted by atomic mass is 10.1. The molecule has 4 rings (SSSR count). The largest absolute Gasteiger partial charge is 0.493 e. The van der Waals surface area contributed by atoms with E-state index in [9.17, 15) is 18.0 Å². The van der Waals surface area contributed by atoms with Crippen LogP contribution < -0.4 is 14.8 Å². The van der Waals surface area contributed by atoms with E-state index in [1.54, 1.807) is 42.2 Å². The molecule has 0 saturated carbocycles. The number of fused-ring (bicyclic) bond motifs is 1. The van der Waals surface area contributed by atoms with E-state index in [4.69, 9.17) is 9.47 Å². The summed E-state index contributed by atoms with van der Waals surface area (Å²) in [4.78, 5) is 26.5. The van der Waals surface area contributed by atoms with Gasteiger partial charge in [0.2, 0.25) is 10.0 Å². The number of piperazine rings is 1. The van der Waals surface area contributed by atoms with Crippen molar-refractivity contribution in [1.29, 1.82) is 0 Å². The highest BCUT2D eigenvalue weighted by molar-refractivity contribution is 7.89. The van der Waals surface area contributed by atoms with E-state index in [1.807, 2.05) is 6.92 Å². The number of carbonyl (C=O) groups is 2. The Morgan fingerprint density at radius 3 is 2.59 bits per heavy atom. The molecule has 1 saturated heterocycles. The molecule has 2 aliphatic rings. The van der Waals surface area contributed by atoms with Gasteiger partial charge in [0.15, 0.2) is 6.10 Å². The fourth-order valence-electron chi connectivity index (χ4n) is 3.72. The lowest BCUT2D eigenvalue weighted by Gasteiger charge is -2.34. The van der Waals surface area contributed by atoms with Crippen molar-refractivity contribution in [2.24, 2.45) is 0 Å². The molecule has 0 aliphatic carbocycles. The number of para-hydroxylation sites is 1. The van der Waals surface area contributed by atoms with Crippen LogP contribution in [0.3, 0.4) is 0 Å². The van der Waals surface area contributed by atoms with Gasteiger partial charge in [0.05, 0.1) is 22.8 Å². The van der Waals surface area contributed by atoms with Crippen molar-refractivity contribution < 1.29 is 27.5 Å². The van der Waals surface area contributed by atoms with Crippen molar-refractivity contribution in [3.63, 3.8) is 0 Å². The first kappa shape index (κ1) is 22.1. The van der Waals surface area contributed by atoms with E-state index >= 15 is 0 Å². The molecular weight excluding hydrogens is 434 g/mol. The normalized spacial score (nSPS) is 19.0. The topological polar surface area (TPSA) is 105 Å². The highest BCUT2D eigenvalue weighted by Crippen LogP contribution is 2.33. The Balaban J connectivity index is 1.47. The second kappa shape index (κ2) is 8.79. The molecule has 0 spiro atoms. The number of carbonyl (C=O) groups excluding carboxylic acids is 2. The third kappa shape index (κ3) is 4.15. The highest BCUT2D eigenvalue weighted by Gasteiger charge is 2.32. The van der Waals surface area contributed by atoms with E-state index in [0.29, 0.717) is 29.4 Å². The van der Waals surface area contributed by atoms with Gasteiger partial charge >= 0.3 is 0 Å². The van der Waals surface area contributed by atoms with Gasteiger partial charge in [-0.3, -0.25) is 9.59 Å². The first-order chi connectivity index (χ1) is 15.3. The average molecular weight is 460 g/mol. The van der Waals surface area contributed by atoms with E-state index in [-0.39, 0.29) is 42.9 Å². The number of rotatable bonds is 5. The van der Waals surface area contributed by atoms with Gasteiger partial charge in [-0.25, -0.2) is 8.42 Å². The number of ether oxygens (including phenoxy) is 2. The lowest BCUT2D eigenvalue weighted by Crippen LogP contribution is -2.50. The first-order valence-electron chi connectivity index (χ1n) is 10.4. The molecule has 0 aromatic heterocycles. The predicted octanol–water partition coefficient (Wildman–Crippen LogP) is 1.95. The zero-order chi connectivity index (χ0) is 22.9. The standard InChI is InChI=1S/C22H25N3O6S/c1-3-30-19-7-5-4-6-17(19)22(27)24-10-12-25(13-11-24)32(28,29)16-8-9-20-18(14-16)23-21(26)15(2)31-20/h4-9,14-15H,3,10-13H2,1-2H3,(H,23,26)/t15-/m1/s1. The molecule has 2 heterocycles. The zero-order valence-electron chi connectivity index (χ0n) is 17.9. The molecule has 9 nitrogen and oxygen atoms in total. The Kier molecular flexibility index (Phi) is 6.07. The molecule has 2 aliphatic heterocycles. The van der Waals surface area contributed by atoms with Crippen molar-refractivity contribution in [1.82, 2.24) is 9.21 Å². The molecule has 0 radical (unpaired) electrons. The summed E-state index contributed by atoms with van der Waals surface area (Å²) in [6.07, 6.45) is -0.636. The average Bonchev–Trinajstić information content (AvgIpc) is 2.80. The van der Waals surface area contributed by atoms with Gasteiger partial charge in [-0.05, 0) is 44.2 Å². The van der Waals surface area contributed by atoms with Crippen molar-refractivity contribution in [2.75, 3.05) is 38.1 Å². The van der Waals surface area contributed by atoms with Crippen LogP contribution in [-0.2, 0) is 14.8 Å². The summed E-state index contributed by atoms with van der Waals surface area (Å²) < 4.78 is 38.7. The molecule has 170 valence electrons. The van der Waals surface area contributed by atoms with Crippen molar-refractivity contribution >= 4 is 27.5 Å². The van der Waals surface area contributed by atoms with Gasteiger partial charge < -0.3 is 19.7 Å². The third-order valence-corrected chi connectivity index (χ3v) is 7.36. The lowest BCUT2D eigenvalue weighted by molar-refractivity contribution is -0.122. The van der Waals surface area contributed by atoms with Gasteiger partial charge in [0.1, 0.15) is 11.5 Å². The van der Waals surface area contributed by atoms with Crippen LogP contribution in [-0.4, -0.2) is 68.3 Å². The number of hydrogen-bond donors (Lipinski definition) is 1. The van der Waals surface area contributed by atoms with E-state index < -0.39 is 16.1 Å². The van der Waals surface area contributed by atoms with E-state index in [0.717, 1.165) is 0 Å². The van der Waals surface area contributed by atoms with Crippen LogP contribution in [0.15, 0.2) is 47.4 Å². The Bertz CT molecular complexity index is 1140. The van der Waals surface area contributed by atoms with Gasteiger partial charge in [-0.2, -0.15) is 4.31 Å². The maximum atomic E-state index is 13.2. The Hall–Kier alpha value is -3.11. The van der Waals surface area contributed by atoms with Gasteiger partial charge in [0.25, 0.3) is 11.8 Å². The smallest absolute Gasteiger partial charge is 0.265 e. The van der Waals surface area contributed by atoms with Crippen LogP contribution in [0.5, 0.6) is 11.5 Å². The fraction of sp³-hybridized carbons (Fsp3) is 0.364. The van der Waals surface area contributed by atoms with Gasteiger partial charge in [0, 0.05) is 26.2 Å². The van der Waals surface area contributed by atoms with Crippen molar-refractivity contribution in [3.05, 3.63) is 48.0 Å². The third-order valence-electron chi connectivity index (χ3n) is 5.46. The Labute approximate surface area is 187 Å². The predicted molar refractivity (Wildman–Crippen MR) is 117 cm³/mol. The Morgan fingerprint density at radius 2 is 1.88 bits per heavy atom. The minimum absolute atomic E-state index is 0.0659. The molecule has 1 atom stereocenters. The fourth-order valence-corrected chi connectivity index (χ4v) is 5.17. The summed E-state index contributed by atoms with van der Waals surface area (Å²) in [5.41, 5.74) is 0.792. The molecule has 0 unspecified atom stereocenters. The van der Waals surface area contributed by atoms with Gasteiger partial charge in [-0.1, -0.05) is 12.1 Å². The molecule has 2 aromatic carbocycles. The Morgan fingerprint density at radius 1 is 1.16 bits per heavy atom. The summed E-state index contributed by atoms with van der Waals surface area (Å²) in [6, 6.07) is 11.5. The number of nitrogens with one attached hydrogen (secondary N) is 1. The molecule has 32 heavy (non-hydrogen) atoms. The summed E-state index contributed by atoms with van der Waals surface area (Å²) in [6.45, 7) is 4.78. The minimum atomic E-state index is -3.79. The second-order valence-electron chi connectivity index (χ2n) is 7.53. The first-order valence-corrected chi connectivity index (χ1v) is 11.9. The van der Waals surface area contributed by atoms with Crippen LogP contribution in [0.25, 0.3) is 0 Å². The minimum Gasteiger partial charge on any atom is -0.493 e. The van der Waals surface area contributed by atoms with Crippen molar-refractivity contribution in [2.45, 2.75) is 24.8 Å². The number of amides is 2. The SMILES string of the molecule is CCOc1ccccc1C(=O)N1CCN(S(=O)(=O)c2ccc3c(c2)NC(=O)[C@@H](C)O3)CC1. The summed E-state index contributed by atoms with van der Waals surface area (Å²) >= 11 is 0. The monoisotopic (exact) mass is 459 g/mol. The van der Waals surface area contributed by atoms with E-state index in [1.165, 1.54) is 16.4 Å². The van der Waals surface area contributed by atoms with Crippen LogP contribution in [0, 0.1) is 0 Å². The number of benzene rings is 2. The molecule has 0 bridgehead atoms. The summed E-state index contributed by atoms with van der Waals surface area (Å²) in [5, 5.41) is 2.67. The van der Waals surface area contributed by atoms with Crippen LogP contribution in [0.1, 0.15) is 24.2 Å². The molecule has 10 heteroatoms. The second-order valence-corrected chi connectivity index (χ2v) is 9.47. The maximum absolute atomic E-state index is 13.2. The highest BCUT2D eigenvalue weighted by atomic mass is 32.2. The van der Waals surface area contributed by atoms with E-state index in [2.05, 4.69) is 5.32 Å². The zero-order valence-corrected chi connectivity index (χ0v) is 18.7. The number of nitrogens with zero attached hydrogens (tertiary/aromatic N) is 2. The number of anilines is 1. The summed E-state index contributed by atoms with van der Waals surface area (Å²) in [5.74, 6) is 0.433. The number of sulfonamides is 1. The van der Waals surface area contributed by atoms with Crippen LogP contribution in [0.2, 0.25) is 0 Å². The molecule has 2 amide bonds. The van der Waals surface area contributed by atoms with Gasteiger partial charge in [-0.15, -0.1) is 0 Å². The molecule has 1 fully saturated rings. The van der Waals surface area contributed by atoms with Crippen molar-refractivity contribution in [3.8, 4) is 11.5 Å². The maximum Gasteiger partial charge on any atom is 0.265 e. The summed E-state index contributed by atoms with van der Waals surface area (Å²) in [7, 11) is -3.79. The van der Waals surface area contributed by atoms with Crippen LogP contribution >= 0.6 is 0 Å². The molecule has 2 aromatic rings. The quantitative estimate of drug-likeness (QED) is 0.733. The molecular formula is C22H25N3O6S.